The maximum atomic E-state index is 11.7. The second-order valence-corrected chi connectivity index (χ2v) is 7.89. The molecule has 1 fully saturated rings. The molecule has 0 bridgehead atoms. The molecule has 6 heteroatoms. The highest BCUT2D eigenvalue weighted by Crippen LogP contribution is 2.26. The molecule has 2 atom stereocenters. The maximum absolute atomic E-state index is 11.7. The lowest BCUT2D eigenvalue weighted by atomic mass is 9.95. The molecule has 0 aliphatic heterocycles. The van der Waals surface area contributed by atoms with E-state index in [9.17, 15) is 8.42 Å². The van der Waals surface area contributed by atoms with E-state index in [0.717, 1.165) is 36.2 Å². The van der Waals surface area contributed by atoms with E-state index in [1.807, 2.05) is 24.3 Å². The number of fused-ring (bicyclic) bond motifs is 1. The molecular formula is C14H19N3O2S. The van der Waals surface area contributed by atoms with Crippen LogP contribution in [-0.2, 0) is 9.84 Å². The summed E-state index contributed by atoms with van der Waals surface area (Å²) in [5.74, 6) is 0.727. The van der Waals surface area contributed by atoms with Crippen molar-refractivity contribution in [1.82, 2.24) is 9.97 Å². The van der Waals surface area contributed by atoms with Gasteiger partial charge in [0.2, 0.25) is 5.95 Å². The van der Waals surface area contributed by atoms with Crippen molar-refractivity contribution in [2.45, 2.75) is 37.0 Å². The fraction of sp³-hybridized carbons (Fsp3) is 0.500. The smallest absolute Gasteiger partial charge is 0.201 e. The number of hydrogen-bond acceptors (Lipinski definition) is 4. The van der Waals surface area contributed by atoms with Gasteiger partial charge in [-0.3, -0.25) is 0 Å². The van der Waals surface area contributed by atoms with Crippen molar-refractivity contribution < 1.29 is 8.42 Å². The van der Waals surface area contributed by atoms with Gasteiger partial charge in [-0.25, -0.2) is 13.4 Å². The van der Waals surface area contributed by atoms with E-state index in [1.165, 1.54) is 6.26 Å². The monoisotopic (exact) mass is 293 g/mol. The molecule has 2 aromatic rings. The number of aromatic nitrogens is 2. The number of imidazole rings is 1. The standard InChI is InChI=1S/C14H19N3O2S/c1-20(18,19)11-6-4-5-10(9-11)15-14-16-12-7-2-3-8-13(12)17-14/h2-3,7-8,10-11H,4-6,9H2,1H3,(H2,15,16,17). The maximum Gasteiger partial charge on any atom is 0.201 e. The van der Waals surface area contributed by atoms with Crippen molar-refractivity contribution in [3.8, 4) is 0 Å². The third-order valence-corrected chi connectivity index (χ3v) is 5.60. The first-order valence-electron chi connectivity index (χ1n) is 6.92. The highest BCUT2D eigenvalue weighted by Gasteiger charge is 2.29. The average molecular weight is 293 g/mol. The summed E-state index contributed by atoms with van der Waals surface area (Å²) in [7, 11) is -2.95. The molecule has 0 radical (unpaired) electrons. The molecule has 5 nitrogen and oxygen atoms in total. The van der Waals surface area contributed by atoms with Crippen molar-refractivity contribution >= 4 is 26.8 Å². The number of sulfone groups is 1. The second-order valence-electron chi connectivity index (χ2n) is 5.56. The van der Waals surface area contributed by atoms with Gasteiger partial charge in [0.15, 0.2) is 0 Å². The number of aromatic amines is 1. The summed E-state index contributed by atoms with van der Waals surface area (Å²) in [5.41, 5.74) is 1.91. The number of nitrogens with zero attached hydrogens (tertiary/aromatic N) is 1. The predicted octanol–water partition coefficient (Wildman–Crippen LogP) is 2.33. The zero-order chi connectivity index (χ0) is 14.2. The number of nitrogens with one attached hydrogen (secondary N) is 2. The number of benzene rings is 1. The largest absolute Gasteiger partial charge is 0.353 e. The molecule has 108 valence electrons. The van der Waals surface area contributed by atoms with Crippen molar-refractivity contribution in [2.75, 3.05) is 11.6 Å². The highest BCUT2D eigenvalue weighted by atomic mass is 32.2. The van der Waals surface area contributed by atoms with Crippen LogP contribution in [0.2, 0.25) is 0 Å². The number of hydrogen-bond donors (Lipinski definition) is 2. The van der Waals surface area contributed by atoms with Gasteiger partial charge in [-0.1, -0.05) is 18.6 Å². The Hall–Kier alpha value is -1.56. The van der Waals surface area contributed by atoms with Crippen LogP contribution >= 0.6 is 0 Å². The Morgan fingerprint density at radius 3 is 2.85 bits per heavy atom. The van der Waals surface area contributed by atoms with Gasteiger partial charge in [-0.15, -0.1) is 0 Å². The van der Waals surface area contributed by atoms with Crippen LogP contribution in [0.25, 0.3) is 11.0 Å². The summed E-state index contributed by atoms with van der Waals surface area (Å²) < 4.78 is 23.3. The predicted molar refractivity (Wildman–Crippen MR) is 80.6 cm³/mol. The molecule has 1 aliphatic rings. The van der Waals surface area contributed by atoms with Crippen LogP contribution in [0.5, 0.6) is 0 Å². The molecule has 2 unspecified atom stereocenters. The fourth-order valence-corrected chi connectivity index (χ4v) is 4.06. The van der Waals surface area contributed by atoms with E-state index >= 15 is 0 Å². The Morgan fingerprint density at radius 1 is 1.30 bits per heavy atom. The molecule has 1 aliphatic carbocycles. The zero-order valence-electron chi connectivity index (χ0n) is 11.5. The normalized spacial score (nSPS) is 23.9. The van der Waals surface area contributed by atoms with Crippen LogP contribution < -0.4 is 5.32 Å². The van der Waals surface area contributed by atoms with Gasteiger partial charge in [0.05, 0.1) is 16.3 Å². The lowest BCUT2D eigenvalue weighted by Crippen LogP contribution is -2.34. The van der Waals surface area contributed by atoms with Gasteiger partial charge in [0, 0.05) is 12.3 Å². The molecule has 0 spiro atoms. The summed E-state index contributed by atoms with van der Waals surface area (Å²) >= 11 is 0. The van der Waals surface area contributed by atoms with E-state index in [0.29, 0.717) is 6.42 Å². The summed E-state index contributed by atoms with van der Waals surface area (Å²) in [4.78, 5) is 7.70. The first-order chi connectivity index (χ1) is 9.52. The van der Waals surface area contributed by atoms with Crippen molar-refractivity contribution in [3.05, 3.63) is 24.3 Å². The number of anilines is 1. The van der Waals surface area contributed by atoms with Crippen molar-refractivity contribution in [3.63, 3.8) is 0 Å². The zero-order valence-corrected chi connectivity index (χ0v) is 12.3. The topological polar surface area (TPSA) is 74.8 Å². The Kier molecular flexibility index (Phi) is 3.41. The number of H-pyrrole nitrogens is 1. The minimum atomic E-state index is -2.95. The quantitative estimate of drug-likeness (QED) is 0.910. The molecule has 1 heterocycles. The molecule has 20 heavy (non-hydrogen) atoms. The highest BCUT2D eigenvalue weighted by molar-refractivity contribution is 7.91. The minimum absolute atomic E-state index is 0.170. The van der Waals surface area contributed by atoms with Gasteiger partial charge in [0.25, 0.3) is 0 Å². The van der Waals surface area contributed by atoms with Crippen LogP contribution in [0.3, 0.4) is 0 Å². The summed E-state index contributed by atoms with van der Waals surface area (Å²) in [6.07, 6.45) is 4.70. The summed E-state index contributed by atoms with van der Waals surface area (Å²) in [5, 5.41) is 3.12. The fourth-order valence-electron chi connectivity index (χ4n) is 2.88. The van der Waals surface area contributed by atoms with E-state index < -0.39 is 9.84 Å². The Morgan fingerprint density at radius 2 is 2.10 bits per heavy atom. The number of para-hydroxylation sites is 2. The third kappa shape index (κ3) is 2.80. The third-order valence-electron chi connectivity index (χ3n) is 3.96. The van der Waals surface area contributed by atoms with Crippen LogP contribution in [0.4, 0.5) is 5.95 Å². The first-order valence-corrected chi connectivity index (χ1v) is 8.88. The van der Waals surface area contributed by atoms with Gasteiger partial charge in [-0.2, -0.15) is 0 Å². The van der Waals surface area contributed by atoms with Crippen LogP contribution in [0.15, 0.2) is 24.3 Å². The molecule has 1 saturated carbocycles. The summed E-state index contributed by atoms with van der Waals surface area (Å²) in [6, 6.07) is 8.02. The molecule has 1 aromatic heterocycles. The first kappa shape index (κ1) is 13.4. The molecule has 0 saturated heterocycles. The second kappa shape index (κ2) is 5.09. The number of rotatable bonds is 3. The van der Waals surface area contributed by atoms with Crippen molar-refractivity contribution in [2.24, 2.45) is 0 Å². The molecular weight excluding hydrogens is 274 g/mol. The van der Waals surface area contributed by atoms with Gasteiger partial charge >= 0.3 is 0 Å². The van der Waals surface area contributed by atoms with Crippen LogP contribution in [-0.4, -0.2) is 35.9 Å². The molecule has 2 N–H and O–H groups in total. The Balaban J connectivity index is 1.74. The summed E-state index contributed by atoms with van der Waals surface area (Å²) in [6.45, 7) is 0. The van der Waals surface area contributed by atoms with E-state index in [4.69, 9.17) is 0 Å². The van der Waals surface area contributed by atoms with Gasteiger partial charge < -0.3 is 10.3 Å². The van der Waals surface area contributed by atoms with Gasteiger partial charge in [-0.05, 0) is 31.4 Å². The van der Waals surface area contributed by atoms with Crippen LogP contribution in [0.1, 0.15) is 25.7 Å². The van der Waals surface area contributed by atoms with Gasteiger partial charge in [0.1, 0.15) is 9.84 Å². The Labute approximate surface area is 118 Å². The van der Waals surface area contributed by atoms with Crippen molar-refractivity contribution in [1.29, 1.82) is 0 Å². The molecule has 3 rings (SSSR count). The Bertz CT molecular complexity index is 675. The molecule has 0 amide bonds. The lowest BCUT2D eigenvalue weighted by Gasteiger charge is -2.28. The minimum Gasteiger partial charge on any atom is -0.353 e. The average Bonchev–Trinajstić information content (AvgIpc) is 2.80. The van der Waals surface area contributed by atoms with E-state index in [2.05, 4.69) is 15.3 Å². The van der Waals surface area contributed by atoms with Crippen LogP contribution in [0, 0.1) is 0 Å². The molecule has 1 aromatic carbocycles. The van der Waals surface area contributed by atoms with E-state index in [-0.39, 0.29) is 11.3 Å². The SMILES string of the molecule is CS(=O)(=O)C1CCCC(Nc2nc3ccccc3[nH]2)C1. The van der Waals surface area contributed by atoms with E-state index in [1.54, 1.807) is 0 Å². The lowest BCUT2D eigenvalue weighted by molar-refractivity contribution is 0.451.